The van der Waals surface area contributed by atoms with Gasteiger partial charge in [-0.1, -0.05) is 52.8 Å². The third kappa shape index (κ3) is 1.87. The molecule has 5 unspecified atom stereocenters. The Morgan fingerprint density at radius 3 is 2.53 bits per heavy atom. The smallest absolute Gasteiger partial charge is 0.148 e. The molecule has 162 valence electrons. The molecule has 2 aromatic rings. The SMILES string of the molecule is C=CC1(C)CCC2C(C)(C)c3cccc4[nH]c5c(c34)C2(O)C1([NH2+][CH2-])CC(O)C5(C)C. The Labute approximate surface area is 179 Å². The minimum absolute atomic E-state index is 0.0183. The average Bonchev–Trinajstić information content (AvgIpc) is 3.08. The van der Waals surface area contributed by atoms with Crippen molar-refractivity contribution >= 4 is 10.9 Å². The predicted molar refractivity (Wildman–Crippen MR) is 120 cm³/mol. The second-order valence-electron chi connectivity index (χ2n) is 11.4. The van der Waals surface area contributed by atoms with Crippen LogP contribution in [0.25, 0.3) is 10.9 Å². The lowest BCUT2D eigenvalue weighted by Crippen LogP contribution is -3.02. The van der Waals surface area contributed by atoms with Crippen molar-refractivity contribution in [2.75, 3.05) is 0 Å². The first kappa shape index (κ1) is 20.3. The van der Waals surface area contributed by atoms with Crippen molar-refractivity contribution in [1.82, 2.24) is 4.98 Å². The highest BCUT2D eigenvalue weighted by Gasteiger charge is 2.74. The van der Waals surface area contributed by atoms with Crippen molar-refractivity contribution in [2.45, 2.75) is 82.0 Å². The number of rotatable bonds is 2. The standard InChI is InChI=1S/C26H36N2O2/c1-8-24(6)13-12-17-22(2,3)15-10-9-11-16-19(15)20-21(28-16)23(4,5)18(29)14-25(24,27-7)26(17,20)30/h8-11,17-18,28-30H,1,7,12-14,27H2,2-6H3. The van der Waals surface area contributed by atoms with Crippen LogP contribution in [0.5, 0.6) is 0 Å². The van der Waals surface area contributed by atoms with Crippen molar-refractivity contribution in [3.05, 3.63) is 54.7 Å². The van der Waals surface area contributed by atoms with Gasteiger partial charge in [0.1, 0.15) is 11.1 Å². The number of aromatic nitrogens is 1. The van der Waals surface area contributed by atoms with Gasteiger partial charge in [-0.05, 0) is 29.9 Å². The Kier molecular flexibility index (Phi) is 3.78. The fourth-order valence-corrected chi connectivity index (χ4v) is 7.61. The van der Waals surface area contributed by atoms with Gasteiger partial charge in [-0.25, -0.2) is 0 Å². The summed E-state index contributed by atoms with van der Waals surface area (Å²) in [6.45, 7) is 15.1. The molecule has 5 rings (SSSR count). The van der Waals surface area contributed by atoms with E-state index in [-0.39, 0.29) is 16.7 Å². The van der Waals surface area contributed by atoms with E-state index in [1.165, 1.54) is 5.56 Å². The van der Waals surface area contributed by atoms with Crippen LogP contribution in [0.15, 0.2) is 30.9 Å². The van der Waals surface area contributed by atoms with Gasteiger partial charge in [0.05, 0.1) is 6.10 Å². The van der Waals surface area contributed by atoms with E-state index in [4.69, 9.17) is 0 Å². The summed E-state index contributed by atoms with van der Waals surface area (Å²) < 4.78 is 0. The monoisotopic (exact) mass is 408 g/mol. The van der Waals surface area contributed by atoms with Crippen molar-refractivity contribution in [3.8, 4) is 0 Å². The van der Waals surface area contributed by atoms with Crippen LogP contribution in [-0.2, 0) is 16.4 Å². The molecule has 5 atom stereocenters. The minimum atomic E-state index is -1.14. The molecule has 30 heavy (non-hydrogen) atoms. The van der Waals surface area contributed by atoms with Crippen LogP contribution in [0.3, 0.4) is 0 Å². The molecule has 0 radical (unpaired) electrons. The summed E-state index contributed by atoms with van der Waals surface area (Å²) in [5, 5.41) is 27.8. The Balaban J connectivity index is 2.04. The summed E-state index contributed by atoms with van der Waals surface area (Å²) in [7, 11) is 4.28. The number of quaternary nitrogens is 1. The molecule has 0 bridgehead atoms. The van der Waals surface area contributed by atoms with E-state index in [9.17, 15) is 10.2 Å². The maximum atomic E-state index is 13.1. The lowest BCUT2D eigenvalue weighted by molar-refractivity contribution is -0.721. The largest absolute Gasteiger partial charge is 0.470 e. The molecule has 1 aromatic heterocycles. The highest BCUT2D eigenvalue weighted by Crippen LogP contribution is 2.67. The predicted octanol–water partition coefficient (Wildman–Crippen LogP) is 3.38. The number of aliphatic hydroxyl groups is 2. The Morgan fingerprint density at radius 1 is 1.20 bits per heavy atom. The molecule has 4 nitrogen and oxygen atoms in total. The van der Waals surface area contributed by atoms with Gasteiger partial charge in [0.25, 0.3) is 0 Å². The van der Waals surface area contributed by atoms with E-state index in [0.717, 1.165) is 35.0 Å². The minimum Gasteiger partial charge on any atom is -0.470 e. The van der Waals surface area contributed by atoms with Crippen LogP contribution in [-0.4, -0.2) is 26.8 Å². The molecule has 0 amide bonds. The van der Waals surface area contributed by atoms with Crippen molar-refractivity contribution in [1.29, 1.82) is 0 Å². The van der Waals surface area contributed by atoms with Gasteiger partial charge in [0.15, 0.2) is 0 Å². The average molecular weight is 409 g/mol. The lowest BCUT2D eigenvalue weighted by Gasteiger charge is -2.65. The van der Waals surface area contributed by atoms with Gasteiger partial charge in [-0.3, -0.25) is 0 Å². The first-order chi connectivity index (χ1) is 13.9. The summed E-state index contributed by atoms with van der Waals surface area (Å²) in [5.74, 6) is 0.0183. The van der Waals surface area contributed by atoms with Crippen molar-refractivity contribution in [3.63, 3.8) is 0 Å². The molecule has 3 aliphatic carbocycles. The van der Waals surface area contributed by atoms with Crippen LogP contribution in [0.2, 0.25) is 0 Å². The lowest BCUT2D eigenvalue weighted by atomic mass is 9.43. The Hall–Kier alpha value is -1.62. The highest BCUT2D eigenvalue weighted by atomic mass is 16.3. The zero-order valence-corrected chi connectivity index (χ0v) is 19.0. The molecule has 4 heteroatoms. The van der Waals surface area contributed by atoms with Gasteiger partial charge in [0.2, 0.25) is 0 Å². The number of hydrogen-bond acceptors (Lipinski definition) is 2. The molecule has 1 saturated carbocycles. The molecule has 5 N–H and O–H groups in total. The van der Waals surface area contributed by atoms with Gasteiger partial charge < -0.3 is 20.5 Å². The van der Waals surface area contributed by atoms with E-state index in [0.29, 0.717) is 6.42 Å². The molecule has 1 aromatic carbocycles. The van der Waals surface area contributed by atoms with E-state index in [1.54, 1.807) is 0 Å². The fraction of sp³-hybridized carbons (Fsp3) is 0.577. The molecular formula is C26H36N2O2. The second-order valence-corrected chi connectivity index (χ2v) is 11.4. The van der Waals surface area contributed by atoms with E-state index in [2.05, 4.69) is 71.4 Å². The van der Waals surface area contributed by atoms with Gasteiger partial charge in [0, 0.05) is 45.3 Å². The maximum Gasteiger partial charge on any atom is 0.148 e. The van der Waals surface area contributed by atoms with Crippen molar-refractivity contribution < 1.29 is 15.5 Å². The number of H-pyrrole nitrogens is 1. The number of benzene rings is 1. The quantitative estimate of drug-likeness (QED) is 0.454. The molecule has 3 aliphatic rings. The molecule has 1 heterocycles. The summed E-state index contributed by atoms with van der Waals surface area (Å²) in [6.07, 6.45) is 3.65. The van der Waals surface area contributed by atoms with E-state index in [1.807, 2.05) is 11.4 Å². The van der Waals surface area contributed by atoms with E-state index >= 15 is 0 Å². The summed E-state index contributed by atoms with van der Waals surface area (Å²) in [6, 6.07) is 6.43. The van der Waals surface area contributed by atoms with E-state index < -0.39 is 22.7 Å². The van der Waals surface area contributed by atoms with Gasteiger partial charge >= 0.3 is 0 Å². The Bertz CT molecular complexity index is 1070. The van der Waals surface area contributed by atoms with Crippen molar-refractivity contribution in [2.24, 2.45) is 11.3 Å². The zero-order valence-electron chi connectivity index (χ0n) is 19.0. The Morgan fingerprint density at radius 2 is 1.90 bits per heavy atom. The van der Waals surface area contributed by atoms with Gasteiger partial charge in [-0.15, -0.1) is 6.58 Å². The first-order valence-corrected chi connectivity index (χ1v) is 11.3. The molecule has 0 saturated heterocycles. The van der Waals surface area contributed by atoms with Crippen LogP contribution in [0.1, 0.15) is 70.7 Å². The van der Waals surface area contributed by atoms with Gasteiger partial charge in [-0.2, -0.15) is 7.05 Å². The highest BCUT2D eigenvalue weighted by molar-refractivity contribution is 5.92. The van der Waals surface area contributed by atoms with Crippen LogP contribution in [0.4, 0.5) is 0 Å². The summed E-state index contributed by atoms with van der Waals surface area (Å²) >= 11 is 0. The summed E-state index contributed by atoms with van der Waals surface area (Å²) in [5.41, 5.74) is 1.33. The number of aliphatic hydroxyl groups excluding tert-OH is 1. The van der Waals surface area contributed by atoms with Crippen LogP contribution in [0, 0.1) is 18.4 Å². The fourth-order valence-electron chi connectivity index (χ4n) is 7.61. The first-order valence-electron chi connectivity index (χ1n) is 11.3. The maximum absolute atomic E-state index is 13.1. The third-order valence-electron chi connectivity index (χ3n) is 9.72. The topological polar surface area (TPSA) is 72.9 Å². The molecule has 1 fully saturated rings. The number of aromatic amines is 1. The molecule has 0 aliphatic heterocycles. The number of nitrogens with two attached hydrogens (primary N) is 1. The normalized spacial score (nSPS) is 40.8. The third-order valence-corrected chi connectivity index (χ3v) is 9.72. The number of hydrogen-bond donors (Lipinski definition) is 4. The number of nitrogens with one attached hydrogen (secondary N) is 1. The molecular weight excluding hydrogens is 372 g/mol. The summed E-state index contributed by atoms with van der Waals surface area (Å²) in [4.78, 5) is 3.65. The van der Waals surface area contributed by atoms with Crippen LogP contribution >= 0.6 is 0 Å². The van der Waals surface area contributed by atoms with Crippen LogP contribution < -0.4 is 5.32 Å². The second kappa shape index (κ2) is 5.59. The molecule has 0 spiro atoms. The zero-order chi connectivity index (χ0) is 21.9.